The van der Waals surface area contributed by atoms with Gasteiger partial charge in [0.2, 0.25) is 5.88 Å². The average Bonchev–Trinajstić information content (AvgIpc) is 2.61. The van der Waals surface area contributed by atoms with Crippen LogP contribution in [0.15, 0.2) is 60.8 Å². The molecule has 2 aromatic carbocycles. The Morgan fingerprint density at radius 1 is 0.962 bits per heavy atom. The summed E-state index contributed by atoms with van der Waals surface area (Å²) in [6.45, 7) is 3.68. The van der Waals surface area contributed by atoms with Gasteiger partial charge in [0.05, 0.1) is 17.6 Å². The summed E-state index contributed by atoms with van der Waals surface area (Å²) < 4.78 is 5.68. The van der Waals surface area contributed by atoms with Crippen molar-refractivity contribution in [2.45, 2.75) is 13.0 Å². The van der Waals surface area contributed by atoms with E-state index in [2.05, 4.69) is 15.3 Å². The number of aromatic nitrogens is 2. The molecule has 0 saturated carbocycles. The van der Waals surface area contributed by atoms with Gasteiger partial charge in [0.25, 0.3) is 0 Å². The normalized spacial score (nSPS) is 13.3. The lowest BCUT2D eigenvalue weighted by molar-refractivity contribution is 0.135. The number of benzene rings is 2. The lowest BCUT2D eigenvalue weighted by atomic mass is 10.1. The summed E-state index contributed by atoms with van der Waals surface area (Å²) in [5.41, 5.74) is 2.72. The third-order valence-corrected chi connectivity index (χ3v) is 4.31. The maximum atomic E-state index is 5.88. The fourth-order valence-corrected chi connectivity index (χ4v) is 2.61. The number of halogens is 2. The van der Waals surface area contributed by atoms with E-state index in [0.717, 1.165) is 35.1 Å². The van der Waals surface area contributed by atoms with Gasteiger partial charge < -0.3 is 10.1 Å². The summed E-state index contributed by atoms with van der Waals surface area (Å²) in [5, 5.41) is 4.66. The molecule has 1 fully saturated rings. The molecule has 4 rings (SSSR count). The molecule has 1 aromatic heterocycles. The lowest BCUT2D eigenvalue weighted by Crippen LogP contribution is -2.50. The predicted octanol–water partition coefficient (Wildman–Crippen LogP) is 4.80. The number of hydrogen-bond acceptors (Lipinski definition) is 4. The van der Waals surface area contributed by atoms with Crippen LogP contribution >= 0.6 is 23.2 Å². The summed E-state index contributed by atoms with van der Waals surface area (Å²) in [5.74, 6) is 0.585. The largest absolute Gasteiger partial charge is 0.471 e. The van der Waals surface area contributed by atoms with E-state index in [-0.39, 0.29) is 6.10 Å². The van der Waals surface area contributed by atoms with Gasteiger partial charge in [0, 0.05) is 28.7 Å². The van der Waals surface area contributed by atoms with Crippen LogP contribution in [0.25, 0.3) is 11.3 Å². The van der Waals surface area contributed by atoms with Crippen molar-refractivity contribution >= 4 is 23.2 Å². The topological polar surface area (TPSA) is 47.0 Å². The molecule has 0 unspecified atom stereocenters. The van der Waals surface area contributed by atoms with Crippen molar-refractivity contribution in [3.05, 3.63) is 76.5 Å². The molecule has 1 aliphatic heterocycles. The van der Waals surface area contributed by atoms with E-state index in [1.807, 2.05) is 61.5 Å². The van der Waals surface area contributed by atoms with Crippen molar-refractivity contribution in [3.8, 4) is 17.1 Å². The quantitative estimate of drug-likeness (QED) is 0.701. The van der Waals surface area contributed by atoms with Gasteiger partial charge in [-0.05, 0) is 31.2 Å². The van der Waals surface area contributed by atoms with Gasteiger partial charge in [0.15, 0.2) is 0 Å². The number of nitrogens with zero attached hydrogens (tertiary/aromatic N) is 2. The number of rotatable bonds is 3. The van der Waals surface area contributed by atoms with Crippen molar-refractivity contribution in [3.63, 3.8) is 0 Å². The van der Waals surface area contributed by atoms with Crippen molar-refractivity contribution < 1.29 is 4.74 Å². The number of nitrogens with one attached hydrogen (secondary N) is 1. The first-order valence-electron chi connectivity index (χ1n) is 8.29. The Bertz CT molecular complexity index is 837. The van der Waals surface area contributed by atoms with Gasteiger partial charge in [-0.15, -0.1) is 0 Å². The van der Waals surface area contributed by atoms with Gasteiger partial charge in [-0.1, -0.05) is 53.5 Å². The highest BCUT2D eigenvalue weighted by Gasteiger charge is 2.19. The van der Waals surface area contributed by atoms with Gasteiger partial charge >= 0.3 is 0 Å². The molecule has 0 bridgehead atoms. The zero-order chi connectivity index (χ0) is 18.4. The van der Waals surface area contributed by atoms with E-state index in [1.165, 1.54) is 0 Å². The number of aryl methyl sites for hydroxylation is 1. The molecule has 26 heavy (non-hydrogen) atoms. The third kappa shape index (κ3) is 5.18. The monoisotopic (exact) mass is 387 g/mol. The molecule has 0 atom stereocenters. The lowest BCUT2D eigenvalue weighted by Gasteiger charge is -2.27. The summed E-state index contributed by atoms with van der Waals surface area (Å²) in [6.07, 6.45) is 1.89. The molecule has 6 heteroatoms. The van der Waals surface area contributed by atoms with Crippen molar-refractivity contribution in [1.82, 2.24) is 15.3 Å². The van der Waals surface area contributed by atoms with Crippen LogP contribution in [0.5, 0.6) is 5.88 Å². The van der Waals surface area contributed by atoms with Gasteiger partial charge in [0.1, 0.15) is 6.10 Å². The van der Waals surface area contributed by atoms with Crippen LogP contribution in [0.3, 0.4) is 0 Å². The maximum absolute atomic E-state index is 5.88. The fraction of sp³-hybridized carbons (Fsp3) is 0.200. The summed E-state index contributed by atoms with van der Waals surface area (Å²) in [4.78, 5) is 8.89. The minimum absolute atomic E-state index is 0.218. The SMILES string of the molecule is Cc1nc(OC2CNC2)cnc1-c1ccc(Cl)cc1.Clc1ccccc1. The predicted molar refractivity (Wildman–Crippen MR) is 106 cm³/mol. The first-order valence-corrected chi connectivity index (χ1v) is 9.05. The maximum Gasteiger partial charge on any atom is 0.232 e. The van der Waals surface area contributed by atoms with Crippen molar-refractivity contribution in [1.29, 1.82) is 0 Å². The Labute approximate surface area is 163 Å². The molecule has 134 valence electrons. The fourth-order valence-electron chi connectivity index (χ4n) is 2.34. The van der Waals surface area contributed by atoms with Crippen molar-refractivity contribution in [2.24, 2.45) is 0 Å². The highest BCUT2D eigenvalue weighted by Crippen LogP contribution is 2.23. The minimum atomic E-state index is 0.218. The zero-order valence-corrected chi connectivity index (χ0v) is 15.8. The standard InChI is InChI=1S/C14H14ClN3O.C6H5Cl/c1-9-14(10-2-4-11(15)5-3-10)17-8-13(18-9)19-12-6-16-7-12;7-6-4-2-1-3-5-6/h2-5,8,12,16H,6-7H2,1H3;1-5H. The Morgan fingerprint density at radius 2 is 1.62 bits per heavy atom. The van der Waals surface area contributed by atoms with Gasteiger partial charge in [-0.25, -0.2) is 9.97 Å². The molecule has 1 aliphatic rings. The highest BCUT2D eigenvalue weighted by molar-refractivity contribution is 6.30. The second kappa shape index (κ2) is 8.99. The smallest absolute Gasteiger partial charge is 0.232 e. The van der Waals surface area contributed by atoms with Crippen LogP contribution in [0.2, 0.25) is 10.0 Å². The molecular formula is C20H19Cl2N3O. The first kappa shape index (κ1) is 18.6. The molecule has 2 heterocycles. The number of ether oxygens (including phenoxy) is 1. The van der Waals surface area contributed by atoms with Gasteiger partial charge in [-0.3, -0.25) is 0 Å². The molecule has 3 aromatic rings. The van der Waals surface area contributed by atoms with Crippen LogP contribution in [0, 0.1) is 6.92 Å². The van der Waals surface area contributed by atoms with Crippen LogP contribution in [-0.4, -0.2) is 29.2 Å². The summed E-state index contributed by atoms with van der Waals surface area (Å²) in [7, 11) is 0. The Hall–Kier alpha value is -2.14. The van der Waals surface area contributed by atoms with Crippen LogP contribution in [0.1, 0.15) is 5.69 Å². The molecule has 0 spiro atoms. The van der Waals surface area contributed by atoms with Gasteiger partial charge in [-0.2, -0.15) is 0 Å². The van der Waals surface area contributed by atoms with E-state index < -0.39 is 0 Å². The van der Waals surface area contributed by atoms with Crippen LogP contribution < -0.4 is 10.1 Å². The zero-order valence-electron chi connectivity index (χ0n) is 14.3. The molecule has 0 aliphatic carbocycles. The van der Waals surface area contributed by atoms with E-state index in [4.69, 9.17) is 27.9 Å². The molecule has 1 saturated heterocycles. The first-order chi connectivity index (χ1) is 12.6. The second-order valence-electron chi connectivity index (χ2n) is 5.84. The number of hydrogen-bond donors (Lipinski definition) is 1. The highest BCUT2D eigenvalue weighted by atomic mass is 35.5. The van der Waals surface area contributed by atoms with Crippen LogP contribution in [-0.2, 0) is 0 Å². The van der Waals surface area contributed by atoms with E-state index in [0.29, 0.717) is 10.9 Å². The molecule has 0 radical (unpaired) electrons. The van der Waals surface area contributed by atoms with E-state index in [1.54, 1.807) is 6.20 Å². The van der Waals surface area contributed by atoms with E-state index in [9.17, 15) is 0 Å². The second-order valence-corrected chi connectivity index (χ2v) is 6.72. The summed E-state index contributed by atoms with van der Waals surface area (Å²) >= 11 is 11.4. The molecule has 0 amide bonds. The molecule has 4 nitrogen and oxygen atoms in total. The molecule has 1 N–H and O–H groups in total. The Balaban J connectivity index is 0.000000236. The third-order valence-electron chi connectivity index (χ3n) is 3.81. The Morgan fingerprint density at radius 3 is 2.12 bits per heavy atom. The Kier molecular flexibility index (Phi) is 6.45. The summed E-state index contributed by atoms with van der Waals surface area (Å²) in [6, 6.07) is 17.0. The van der Waals surface area contributed by atoms with Crippen molar-refractivity contribution in [2.75, 3.05) is 13.1 Å². The van der Waals surface area contributed by atoms with E-state index >= 15 is 0 Å². The minimum Gasteiger partial charge on any atom is -0.471 e. The molecular weight excluding hydrogens is 369 g/mol. The average molecular weight is 388 g/mol. The van der Waals surface area contributed by atoms with Crippen LogP contribution in [0.4, 0.5) is 0 Å².